The molecule has 0 aromatic heterocycles. The molecule has 1 aromatic carbocycles. The third kappa shape index (κ3) is 5.35. The van der Waals surface area contributed by atoms with E-state index in [2.05, 4.69) is 37.8 Å². The number of hydrogen-bond acceptors (Lipinski definition) is 2. The van der Waals surface area contributed by atoms with Gasteiger partial charge >= 0.3 is 0 Å². The summed E-state index contributed by atoms with van der Waals surface area (Å²) >= 11 is 0. The Balaban J connectivity index is 1.57. The third-order valence-electron chi connectivity index (χ3n) is 4.42. The maximum absolute atomic E-state index is 5.99. The van der Waals surface area contributed by atoms with Crippen molar-refractivity contribution in [3.8, 4) is 5.75 Å². The molecule has 1 aliphatic rings. The molecule has 2 heteroatoms. The zero-order valence-electron chi connectivity index (χ0n) is 14.1. The lowest BCUT2D eigenvalue weighted by atomic mass is 10.1. The van der Waals surface area contributed by atoms with Crippen LogP contribution in [0.2, 0.25) is 0 Å². The van der Waals surface area contributed by atoms with E-state index in [-0.39, 0.29) is 0 Å². The van der Waals surface area contributed by atoms with E-state index in [1.165, 1.54) is 74.8 Å². The molecule has 1 heterocycles. The summed E-state index contributed by atoms with van der Waals surface area (Å²) in [5.74, 6) is 1.10. The van der Waals surface area contributed by atoms with Crippen LogP contribution >= 0.6 is 0 Å². The Bertz CT molecular complexity index is 412. The Kier molecular flexibility index (Phi) is 6.56. The third-order valence-corrected chi connectivity index (χ3v) is 4.42. The summed E-state index contributed by atoms with van der Waals surface area (Å²) in [6.07, 6.45) is 7.96. The van der Waals surface area contributed by atoms with Gasteiger partial charge in [-0.2, -0.15) is 0 Å². The largest absolute Gasteiger partial charge is 0.493 e. The van der Waals surface area contributed by atoms with E-state index in [0.717, 1.165) is 12.4 Å². The van der Waals surface area contributed by atoms with Crippen molar-refractivity contribution in [1.82, 2.24) is 4.90 Å². The van der Waals surface area contributed by atoms with Gasteiger partial charge in [0.2, 0.25) is 0 Å². The summed E-state index contributed by atoms with van der Waals surface area (Å²) in [6, 6.07) is 4.41. The molecule has 1 fully saturated rings. The normalized spacial score (nSPS) is 15.6. The van der Waals surface area contributed by atoms with Crippen LogP contribution in [0.3, 0.4) is 0 Å². The molecule has 2 rings (SSSR count). The summed E-state index contributed by atoms with van der Waals surface area (Å²) in [5.41, 5.74) is 3.85. The van der Waals surface area contributed by atoms with Gasteiger partial charge in [-0.15, -0.1) is 0 Å². The fourth-order valence-electron chi connectivity index (χ4n) is 3.37. The monoisotopic (exact) mass is 289 g/mol. The predicted molar refractivity (Wildman–Crippen MR) is 90.3 cm³/mol. The second kappa shape index (κ2) is 8.43. The first-order valence-corrected chi connectivity index (χ1v) is 8.60. The number of nitrogens with zero attached hydrogens (tertiary/aromatic N) is 1. The number of likely N-dealkylation sites (tertiary alicyclic amines) is 1. The standard InChI is InChI=1S/C19H31NO/c1-16-14-17(2)19(18(3)15-16)21-13-9-5-4-6-10-20-11-7-8-12-20/h14-15H,4-13H2,1-3H3. The van der Waals surface area contributed by atoms with E-state index in [4.69, 9.17) is 4.74 Å². The molecule has 0 atom stereocenters. The molecule has 1 aromatic rings. The number of aryl methyl sites for hydroxylation is 3. The Labute approximate surface area is 130 Å². The molecule has 0 radical (unpaired) electrons. The van der Waals surface area contributed by atoms with Crippen molar-refractivity contribution in [2.75, 3.05) is 26.2 Å². The van der Waals surface area contributed by atoms with Gasteiger partial charge in [0.15, 0.2) is 0 Å². The Morgan fingerprint density at radius 3 is 2.19 bits per heavy atom. The second-order valence-corrected chi connectivity index (χ2v) is 6.54. The van der Waals surface area contributed by atoms with E-state index in [1.54, 1.807) is 0 Å². The van der Waals surface area contributed by atoms with E-state index in [9.17, 15) is 0 Å². The van der Waals surface area contributed by atoms with Crippen molar-refractivity contribution >= 4 is 0 Å². The number of rotatable bonds is 8. The molecule has 21 heavy (non-hydrogen) atoms. The van der Waals surface area contributed by atoms with Crippen LogP contribution < -0.4 is 4.74 Å². The lowest BCUT2D eigenvalue weighted by Gasteiger charge is -2.14. The molecule has 0 amide bonds. The van der Waals surface area contributed by atoms with Crippen LogP contribution in [0.5, 0.6) is 5.75 Å². The second-order valence-electron chi connectivity index (χ2n) is 6.54. The number of ether oxygens (including phenoxy) is 1. The minimum atomic E-state index is 0.856. The van der Waals surface area contributed by atoms with Crippen LogP contribution in [0.15, 0.2) is 12.1 Å². The molecule has 0 spiro atoms. The Hall–Kier alpha value is -1.02. The Morgan fingerprint density at radius 2 is 1.52 bits per heavy atom. The number of benzene rings is 1. The number of hydrogen-bond donors (Lipinski definition) is 0. The van der Waals surface area contributed by atoms with E-state index in [1.807, 2.05) is 0 Å². The van der Waals surface area contributed by atoms with Crippen molar-refractivity contribution in [3.05, 3.63) is 28.8 Å². The van der Waals surface area contributed by atoms with Crippen LogP contribution in [0.1, 0.15) is 55.2 Å². The SMILES string of the molecule is Cc1cc(C)c(OCCCCCCN2CCCC2)c(C)c1. The highest BCUT2D eigenvalue weighted by atomic mass is 16.5. The molecule has 1 aliphatic heterocycles. The van der Waals surface area contributed by atoms with Gasteiger partial charge in [0.25, 0.3) is 0 Å². The van der Waals surface area contributed by atoms with Crippen LogP contribution in [-0.2, 0) is 0 Å². The highest BCUT2D eigenvalue weighted by Crippen LogP contribution is 2.24. The van der Waals surface area contributed by atoms with Crippen LogP contribution in [0.25, 0.3) is 0 Å². The summed E-state index contributed by atoms with van der Waals surface area (Å²) < 4.78 is 5.99. The van der Waals surface area contributed by atoms with Crippen molar-refractivity contribution in [2.24, 2.45) is 0 Å². The predicted octanol–water partition coefficient (Wildman–Crippen LogP) is 4.65. The fourth-order valence-corrected chi connectivity index (χ4v) is 3.37. The zero-order valence-corrected chi connectivity index (χ0v) is 14.1. The summed E-state index contributed by atoms with van der Waals surface area (Å²) in [5, 5.41) is 0. The number of unbranched alkanes of at least 4 members (excludes halogenated alkanes) is 3. The lowest BCUT2D eigenvalue weighted by molar-refractivity contribution is 0.294. The summed E-state index contributed by atoms with van der Waals surface area (Å²) in [4.78, 5) is 2.61. The van der Waals surface area contributed by atoms with Crippen molar-refractivity contribution < 1.29 is 4.74 Å². The molecule has 0 N–H and O–H groups in total. The fraction of sp³-hybridized carbons (Fsp3) is 0.684. The molecule has 0 unspecified atom stereocenters. The molecule has 0 aliphatic carbocycles. The molecule has 1 saturated heterocycles. The van der Waals surface area contributed by atoms with Gasteiger partial charge in [-0.3, -0.25) is 0 Å². The highest BCUT2D eigenvalue weighted by molar-refractivity contribution is 5.42. The lowest BCUT2D eigenvalue weighted by Crippen LogP contribution is -2.20. The summed E-state index contributed by atoms with van der Waals surface area (Å²) in [7, 11) is 0. The van der Waals surface area contributed by atoms with Crippen molar-refractivity contribution in [3.63, 3.8) is 0 Å². The minimum Gasteiger partial charge on any atom is -0.493 e. The topological polar surface area (TPSA) is 12.5 Å². The van der Waals surface area contributed by atoms with Gasteiger partial charge < -0.3 is 9.64 Å². The highest BCUT2D eigenvalue weighted by Gasteiger charge is 2.10. The van der Waals surface area contributed by atoms with E-state index < -0.39 is 0 Å². The van der Waals surface area contributed by atoms with Crippen molar-refractivity contribution in [2.45, 2.75) is 59.3 Å². The first-order chi connectivity index (χ1) is 10.2. The first kappa shape index (κ1) is 16.4. The van der Waals surface area contributed by atoms with Gasteiger partial charge in [-0.1, -0.05) is 30.5 Å². The average molecular weight is 289 g/mol. The minimum absolute atomic E-state index is 0.856. The van der Waals surface area contributed by atoms with E-state index in [0.29, 0.717) is 0 Å². The molecular formula is C19H31NO. The average Bonchev–Trinajstić information content (AvgIpc) is 2.93. The van der Waals surface area contributed by atoms with Gasteiger partial charge in [-0.05, 0) is 77.2 Å². The molecule has 0 bridgehead atoms. The Morgan fingerprint density at radius 1 is 0.905 bits per heavy atom. The van der Waals surface area contributed by atoms with Crippen LogP contribution in [0, 0.1) is 20.8 Å². The first-order valence-electron chi connectivity index (χ1n) is 8.60. The maximum Gasteiger partial charge on any atom is 0.125 e. The molecule has 2 nitrogen and oxygen atoms in total. The van der Waals surface area contributed by atoms with Gasteiger partial charge in [0, 0.05) is 0 Å². The van der Waals surface area contributed by atoms with Crippen molar-refractivity contribution in [1.29, 1.82) is 0 Å². The van der Waals surface area contributed by atoms with Crippen LogP contribution in [0.4, 0.5) is 0 Å². The smallest absolute Gasteiger partial charge is 0.125 e. The maximum atomic E-state index is 5.99. The van der Waals surface area contributed by atoms with Gasteiger partial charge in [0.1, 0.15) is 5.75 Å². The van der Waals surface area contributed by atoms with Gasteiger partial charge in [-0.25, -0.2) is 0 Å². The van der Waals surface area contributed by atoms with Gasteiger partial charge in [0.05, 0.1) is 6.61 Å². The van der Waals surface area contributed by atoms with Crippen LogP contribution in [-0.4, -0.2) is 31.1 Å². The quantitative estimate of drug-likeness (QED) is 0.646. The molecule has 0 saturated carbocycles. The van der Waals surface area contributed by atoms with E-state index >= 15 is 0 Å². The zero-order chi connectivity index (χ0) is 15.1. The molecular weight excluding hydrogens is 258 g/mol. The summed E-state index contributed by atoms with van der Waals surface area (Å²) in [6.45, 7) is 11.2. The molecule has 118 valence electrons.